The molecule has 0 saturated heterocycles. The Morgan fingerprint density at radius 3 is 2.19 bits per heavy atom. The van der Waals surface area contributed by atoms with Crippen molar-refractivity contribution in [2.24, 2.45) is 0 Å². The maximum Gasteiger partial charge on any atom is 0.241 e. The molecule has 2 aromatic carbocycles. The molecule has 0 aliphatic carbocycles. The lowest BCUT2D eigenvalue weighted by Crippen LogP contribution is -2.41. The van der Waals surface area contributed by atoms with Crippen LogP contribution in [0, 0.1) is 6.92 Å². The van der Waals surface area contributed by atoms with Crippen LogP contribution in [-0.2, 0) is 14.8 Å². The molecule has 1 N–H and O–H groups in total. The first-order valence-corrected chi connectivity index (χ1v) is 11.6. The Morgan fingerprint density at radius 1 is 1.03 bits per heavy atom. The van der Waals surface area contributed by atoms with Gasteiger partial charge in [-0.05, 0) is 42.7 Å². The van der Waals surface area contributed by atoms with Gasteiger partial charge in [-0.15, -0.1) is 0 Å². The zero-order chi connectivity index (χ0) is 23.2. The molecule has 0 aliphatic rings. The third-order valence-corrected chi connectivity index (χ3v) is 6.03. The summed E-state index contributed by atoms with van der Waals surface area (Å²) in [5.41, 5.74) is 2.10. The first-order chi connectivity index (χ1) is 14.6. The average molecular weight is 451 g/mol. The van der Waals surface area contributed by atoms with E-state index < -0.39 is 22.5 Å². The molecule has 1 unspecified atom stereocenters. The molecule has 0 aliphatic heterocycles. The summed E-state index contributed by atoms with van der Waals surface area (Å²) in [4.78, 5) is 12.9. The number of benzene rings is 2. The van der Waals surface area contributed by atoms with Crippen LogP contribution < -0.4 is 23.8 Å². The van der Waals surface area contributed by atoms with Gasteiger partial charge < -0.3 is 19.5 Å². The summed E-state index contributed by atoms with van der Waals surface area (Å²) in [7, 11) is 0.745. The van der Waals surface area contributed by atoms with E-state index >= 15 is 0 Å². The largest absolute Gasteiger partial charge is 0.497 e. The van der Waals surface area contributed by atoms with Gasteiger partial charge in [-0.1, -0.05) is 19.1 Å². The Kier molecular flexibility index (Phi) is 8.15. The van der Waals surface area contributed by atoms with E-state index in [9.17, 15) is 13.2 Å². The van der Waals surface area contributed by atoms with Crippen LogP contribution in [0.15, 0.2) is 36.4 Å². The SMILES string of the molecule is CCC(NC(=O)CN(c1cc(OC)ccc1OC)S(C)(=O)=O)c1ccc(OC)c(C)c1. The molecule has 0 heterocycles. The normalized spacial score (nSPS) is 12.1. The van der Waals surface area contributed by atoms with Crippen molar-refractivity contribution in [3.63, 3.8) is 0 Å². The number of ether oxygens (including phenoxy) is 3. The lowest BCUT2D eigenvalue weighted by Gasteiger charge is -2.26. The van der Waals surface area contributed by atoms with Crippen molar-refractivity contribution >= 4 is 21.6 Å². The van der Waals surface area contributed by atoms with Crippen molar-refractivity contribution in [1.29, 1.82) is 0 Å². The highest BCUT2D eigenvalue weighted by Crippen LogP contribution is 2.33. The maximum absolute atomic E-state index is 12.9. The highest BCUT2D eigenvalue weighted by atomic mass is 32.2. The number of hydrogen-bond donors (Lipinski definition) is 1. The molecule has 1 amide bonds. The van der Waals surface area contributed by atoms with E-state index in [0.717, 1.165) is 27.4 Å². The molecule has 31 heavy (non-hydrogen) atoms. The van der Waals surface area contributed by atoms with Gasteiger partial charge in [0.1, 0.15) is 23.8 Å². The molecule has 0 spiro atoms. The van der Waals surface area contributed by atoms with E-state index in [1.807, 2.05) is 32.0 Å². The maximum atomic E-state index is 12.9. The number of carbonyl (C=O) groups is 1. The zero-order valence-corrected chi connectivity index (χ0v) is 19.6. The lowest BCUT2D eigenvalue weighted by atomic mass is 10.0. The van der Waals surface area contributed by atoms with Gasteiger partial charge in [0.2, 0.25) is 15.9 Å². The van der Waals surface area contributed by atoms with Crippen LogP contribution in [0.1, 0.15) is 30.5 Å². The number of anilines is 1. The molecule has 2 aromatic rings. The Balaban J connectivity index is 2.30. The van der Waals surface area contributed by atoms with Gasteiger partial charge in [-0.2, -0.15) is 0 Å². The fraction of sp³-hybridized carbons (Fsp3) is 0.409. The molecule has 170 valence electrons. The zero-order valence-electron chi connectivity index (χ0n) is 18.8. The van der Waals surface area contributed by atoms with Gasteiger partial charge in [0.15, 0.2) is 0 Å². The second kappa shape index (κ2) is 10.4. The van der Waals surface area contributed by atoms with Crippen LogP contribution in [0.5, 0.6) is 17.2 Å². The molecular weight excluding hydrogens is 420 g/mol. The minimum absolute atomic E-state index is 0.229. The number of methoxy groups -OCH3 is 3. The fourth-order valence-electron chi connectivity index (χ4n) is 3.28. The summed E-state index contributed by atoms with van der Waals surface area (Å²) >= 11 is 0. The van der Waals surface area contributed by atoms with E-state index in [2.05, 4.69) is 5.32 Å². The van der Waals surface area contributed by atoms with Crippen LogP contribution in [0.2, 0.25) is 0 Å². The van der Waals surface area contributed by atoms with Gasteiger partial charge in [0, 0.05) is 6.07 Å². The minimum atomic E-state index is -3.77. The number of nitrogens with one attached hydrogen (secondary N) is 1. The number of sulfonamides is 1. The summed E-state index contributed by atoms with van der Waals surface area (Å²) in [6.07, 6.45) is 1.68. The Morgan fingerprint density at radius 2 is 1.68 bits per heavy atom. The lowest BCUT2D eigenvalue weighted by molar-refractivity contribution is -0.120. The molecule has 0 radical (unpaired) electrons. The van der Waals surface area contributed by atoms with E-state index in [1.54, 1.807) is 19.2 Å². The van der Waals surface area contributed by atoms with Crippen LogP contribution in [-0.4, -0.2) is 48.5 Å². The Bertz CT molecular complexity index is 1020. The summed E-state index contributed by atoms with van der Waals surface area (Å²) in [6.45, 7) is 3.48. The minimum Gasteiger partial charge on any atom is -0.497 e. The van der Waals surface area contributed by atoms with E-state index in [-0.39, 0.29) is 11.7 Å². The molecule has 0 fully saturated rings. The Hall–Kier alpha value is -2.94. The van der Waals surface area contributed by atoms with Gasteiger partial charge in [0.25, 0.3) is 0 Å². The molecule has 0 bridgehead atoms. The van der Waals surface area contributed by atoms with Crippen molar-refractivity contribution in [2.75, 3.05) is 38.4 Å². The molecule has 0 saturated carbocycles. The second-order valence-electron chi connectivity index (χ2n) is 7.06. The van der Waals surface area contributed by atoms with Gasteiger partial charge in [-0.3, -0.25) is 9.10 Å². The predicted octanol–water partition coefficient (Wildman–Crippen LogP) is 3.05. The topological polar surface area (TPSA) is 94.2 Å². The van der Waals surface area contributed by atoms with E-state index in [4.69, 9.17) is 14.2 Å². The summed E-state index contributed by atoms with van der Waals surface area (Å²) in [6, 6.07) is 10.2. The van der Waals surface area contributed by atoms with Crippen LogP contribution in [0.4, 0.5) is 5.69 Å². The summed E-state index contributed by atoms with van der Waals surface area (Å²) in [5.74, 6) is 1.09. The van der Waals surface area contributed by atoms with Crippen molar-refractivity contribution in [3.05, 3.63) is 47.5 Å². The number of carbonyl (C=O) groups excluding carboxylic acids is 1. The standard InChI is InChI=1S/C22H30N2O6S/c1-7-18(16-8-10-20(29-4)15(2)12-16)23-22(25)14-24(31(6,26)27)19-13-17(28-3)9-11-21(19)30-5/h8-13,18H,7,14H2,1-6H3,(H,23,25). The van der Waals surface area contributed by atoms with Crippen molar-refractivity contribution < 1.29 is 27.4 Å². The highest BCUT2D eigenvalue weighted by molar-refractivity contribution is 7.92. The average Bonchev–Trinajstić information content (AvgIpc) is 2.74. The summed E-state index contributed by atoms with van der Waals surface area (Å²) < 4.78 is 41.8. The molecule has 2 rings (SSSR count). The molecule has 1 atom stereocenters. The highest BCUT2D eigenvalue weighted by Gasteiger charge is 2.26. The fourth-order valence-corrected chi connectivity index (χ4v) is 4.13. The van der Waals surface area contributed by atoms with Crippen molar-refractivity contribution in [2.45, 2.75) is 26.3 Å². The van der Waals surface area contributed by atoms with Crippen LogP contribution >= 0.6 is 0 Å². The third-order valence-electron chi connectivity index (χ3n) is 4.91. The van der Waals surface area contributed by atoms with Crippen molar-refractivity contribution in [1.82, 2.24) is 5.32 Å². The van der Waals surface area contributed by atoms with E-state index in [0.29, 0.717) is 17.9 Å². The molecular formula is C22H30N2O6S. The monoisotopic (exact) mass is 450 g/mol. The Labute approximate surface area is 184 Å². The number of hydrogen-bond acceptors (Lipinski definition) is 6. The smallest absolute Gasteiger partial charge is 0.241 e. The molecule has 9 heteroatoms. The third kappa shape index (κ3) is 6.04. The van der Waals surface area contributed by atoms with Crippen LogP contribution in [0.25, 0.3) is 0 Å². The van der Waals surface area contributed by atoms with E-state index in [1.165, 1.54) is 20.3 Å². The second-order valence-corrected chi connectivity index (χ2v) is 8.97. The van der Waals surface area contributed by atoms with Gasteiger partial charge in [-0.25, -0.2) is 8.42 Å². The number of nitrogens with zero attached hydrogens (tertiary/aromatic N) is 1. The molecule has 0 aromatic heterocycles. The quantitative estimate of drug-likeness (QED) is 0.598. The van der Waals surface area contributed by atoms with Crippen molar-refractivity contribution in [3.8, 4) is 17.2 Å². The number of rotatable bonds is 10. The summed E-state index contributed by atoms with van der Waals surface area (Å²) in [5, 5.41) is 2.93. The number of amides is 1. The predicted molar refractivity (Wildman–Crippen MR) is 121 cm³/mol. The first kappa shape index (κ1) is 24.3. The van der Waals surface area contributed by atoms with Gasteiger partial charge in [0.05, 0.1) is 39.3 Å². The number of aryl methyl sites for hydroxylation is 1. The molecule has 8 nitrogen and oxygen atoms in total. The van der Waals surface area contributed by atoms with Crippen LogP contribution in [0.3, 0.4) is 0 Å². The van der Waals surface area contributed by atoms with Gasteiger partial charge >= 0.3 is 0 Å². The first-order valence-electron chi connectivity index (χ1n) is 9.78.